The van der Waals surface area contributed by atoms with Crippen LogP contribution in [0.3, 0.4) is 0 Å². The summed E-state index contributed by atoms with van der Waals surface area (Å²) in [6.07, 6.45) is 5.59. The first-order chi connectivity index (χ1) is 18.0. The summed E-state index contributed by atoms with van der Waals surface area (Å²) in [5, 5.41) is 2.06. The average Bonchev–Trinajstić information content (AvgIpc) is 2.92. The van der Waals surface area contributed by atoms with Gasteiger partial charge in [-0.05, 0) is 102 Å². The van der Waals surface area contributed by atoms with Crippen molar-refractivity contribution in [1.82, 2.24) is 0 Å². The first kappa shape index (κ1) is 24.8. The second kappa shape index (κ2) is 11.0. The van der Waals surface area contributed by atoms with Crippen molar-refractivity contribution in [1.29, 1.82) is 0 Å². The van der Waals surface area contributed by atoms with Gasteiger partial charge in [-0.1, -0.05) is 74.6 Å². The summed E-state index contributed by atoms with van der Waals surface area (Å²) < 4.78 is 30.0. The number of hydrogen-bond donors (Lipinski definition) is 0. The minimum Gasteiger partial charge on any atom is -0.206 e. The maximum atomic E-state index is 15.2. The predicted molar refractivity (Wildman–Crippen MR) is 149 cm³/mol. The number of halogens is 2. The zero-order valence-corrected chi connectivity index (χ0v) is 21.4. The van der Waals surface area contributed by atoms with Gasteiger partial charge >= 0.3 is 0 Å². The second-order valence-corrected chi connectivity index (χ2v) is 9.91. The van der Waals surface area contributed by atoms with E-state index in [1.54, 1.807) is 0 Å². The van der Waals surface area contributed by atoms with Gasteiger partial charge in [-0.3, -0.25) is 0 Å². The van der Waals surface area contributed by atoms with Gasteiger partial charge in [0.1, 0.15) is 11.6 Å². The minimum atomic E-state index is -0.561. The molecule has 4 aromatic rings. The van der Waals surface area contributed by atoms with Gasteiger partial charge in [-0.15, -0.1) is 0 Å². The maximum absolute atomic E-state index is 15.2. The van der Waals surface area contributed by atoms with E-state index in [-0.39, 0.29) is 5.56 Å². The Morgan fingerprint density at radius 1 is 0.757 bits per heavy atom. The van der Waals surface area contributed by atoms with Gasteiger partial charge in [-0.25, -0.2) is 8.78 Å². The fourth-order valence-electron chi connectivity index (χ4n) is 5.20. The van der Waals surface area contributed by atoms with Gasteiger partial charge in [0.2, 0.25) is 0 Å². The fraction of sp³-hybridized carbons (Fsp3) is 0.257. The highest BCUT2D eigenvalue weighted by atomic mass is 19.1. The molecule has 0 nitrogen and oxygen atoms in total. The van der Waals surface area contributed by atoms with Crippen molar-refractivity contribution < 1.29 is 8.78 Å². The lowest BCUT2D eigenvalue weighted by molar-refractivity contribution is 0.411. The van der Waals surface area contributed by atoms with Crippen LogP contribution in [0.5, 0.6) is 0 Å². The Hall–Kier alpha value is -3.88. The molecule has 4 aromatic carbocycles. The molecule has 1 aliphatic rings. The number of hydrogen-bond acceptors (Lipinski definition) is 0. The van der Waals surface area contributed by atoms with Crippen molar-refractivity contribution in [3.05, 3.63) is 117 Å². The summed E-state index contributed by atoms with van der Waals surface area (Å²) in [4.78, 5) is 0. The molecule has 0 aliphatic heterocycles. The van der Waals surface area contributed by atoms with E-state index in [9.17, 15) is 4.39 Å². The van der Waals surface area contributed by atoms with Gasteiger partial charge in [0.15, 0.2) is 0 Å². The van der Waals surface area contributed by atoms with Gasteiger partial charge in [0, 0.05) is 16.7 Å². The third kappa shape index (κ3) is 5.60. The minimum absolute atomic E-state index is 0.120. The molecule has 2 heteroatoms. The molecule has 0 fully saturated rings. The number of benzene rings is 4. The van der Waals surface area contributed by atoms with Crippen molar-refractivity contribution in [2.75, 3.05) is 0 Å². The average molecular weight is 489 g/mol. The second-order valence-electron chi connectivity index (χ2n) is 9.91. The fourth-order valence-corrected chi connectivity index (χ4v) is 5.20. The molecule has 1 unspecified atom stereocenters. The lowest BCUT2D eigenvalue weighted by Gasteiger charge is -2.25. The Labute approximate surface area is 218 Å². The Kier molecular flexibility index (Phi) is 7.39. The Morgan fingerprint density at radius 3 is 2.03 bits per heavy atom. The van der Waals surface area contributed by atoms with Gasteiger partial charge in [0.25, 0.3) is 0 Å². The van der Waals surface area contributed by atoms with E-state index in [1.165, 1.54) is 11.6 Å². The molecular weight excluding hydrogens is 458 g/mol. The molecule has 0 radical (unpaired) electrons. The van der Waals surface area contributed by atoms with Gasteiger partial charge in [-0.2, -0.15) is 0 Å². The summed E-state index contributed by atoms with van der Waals surface area (Å²) in [7, 11) is 0. The van der Waals surface area contributed by atoms with E-state index in [0.717, 1.165) is 65.1 Å². The number of rotatable bonds is 3. The van der Waals surface area contributed by atoms with Crippen LogP contribution >= 0.6 is 0 Å². The maximum Gasteiger partial charge on any atom is 0.145 e. The van der Waals surface area contributed by atoms with Crippen molar-refractivity contribution >= 4 is 10.8 Å². The van der Waals surface area contributed by atoms with E-state index >= 15 is 4.39 Å². The third-order valence-electron chi connectivity index (χ3n) is 7.31. The quantitative estimate of drug-likeness (QED) is 0.254. The zero-order valence-electron chi connectivity index (χ0n) is 21.4. The smallest absolute Gasteiger partial charge is 0.145 e. The SMILES string of the molecule is CCCC1CCc2c(cc(F)c(C#Cc3ccc4cc(C#Cc5ccc(CC)cc5)ccc4c3)c2F)C1. The Balaban J connectivity index is 1.37. The molecule has 0 N–H and O–H groups in total. The van der Waals surface area contributed by atoms with Crippen molar-refractivity contribution in [3.63, 3.8) is 0 Å². The van der Waals surface area contributed by atoms with Crippen LogP contribution in [0.1, 0.15) is 72.1 Å². The highest BCUT2D eigenvalue weighted by Gasteiger charge is 2.24. The van der Waals surface area contributed by atoms with Crippen LogP contribution in [0.15, 0.2) is 66.7 Å². The number of aryl methyl sites for hydroxylation is 1. The number of fused-ring (bicyclic) bond motifs is 2. The standard InChI is InChI=1S/C35H30F2/c1-3-5-26-14-18-32-31(22-26)23-34(36)33(35(32)37)19-15-28-13-17-29-20-27(12-16-30(29)21-28)11-10-25-8-6-24(4-2)7-9-25/h6-9,12-13,16-17,20-21,23,26H,3-5,14,18,22H2,1-2H3. The first-order valence-electron chi connectivity index (χ1n) is 13.2. The molecule has 1 atom stereocenters. The molecule has 5 rings (SSSR count). The monoisotopic (exact) mass is 488 g/mol. The normalized spacial score (nSPS) is 14.3. The molecule has 0 amide bonds. The summed E-state index contributed by atoms with van der Waals surface area (Å²) in [5.41, 5.74) is 5.29. The largest absolute Gasteiger partial charge is 0.206 e. The predicted octanol–water partition coefficient (Wildman–Crippen LogP) is 8.39. The lowest BCUT2D eigenvalue weighted by Crippen LogP contribution is -2.17. The van der Waals surface area contributed by atoms with Crippen LogP contribution in [-0.4, -0.2) is 0 Å². The van der Waals surface area contributed by atoms with E-state index in [0.29, 0.717) is 17.9 Å². The molecule has 37 heavy (non-hydrogen) atoms. The lowest BCUT2D eigenvalue weighted by atomic mass is 9.81. The summed E-state index contributed by atoms with van der Waals surface area (Å²) in [6, 6.07) is 21.7. The van der Waals surface area contributed by atoms with Crippen LogP contribution < -0.4 is 0 Å². The molecule has 0 saturated carbocycles. The molecule has 184 valence electrons. The Bertz CT molecular complexity index is 1570. The molecule has 1 aliphatic carbocycles. The van der Waals surface area contributed by atoms with Crippen LogP contribution in [0.2, 0.25) is 0 Å². The zero-order chi connectivity index (χ0) is 25.8. The van der Waals surface area contributed by atoms with Crippen LogP contribution in [0.25, 0.3) is 10.8 Å². The Morgan fingerprint density at radius 2 is 1.38 bits per heavy atom. The molecule has 0 heterocycles. The molecule has 0 bridgehead atoms. The van der Waals surface area contributed by atoms with E-state index in [2.05, 4.69) is 67.9 Å². The van der Waals surface area contributed by atoms with Crippen molar-refractivity contribution in [3.8, 4) is 23.7 Å². The van der Waals surface area contributed by atoms with Crippen LogP contribution in [0.4, 0.5) is 8.78 Å². The van der Waals surface area contributed by atoms with Crippen LogP contribution in [-0.2, 0) is 19.3 Å². The molecule has 0 saturated heterocycles. The van der Waals surface area contributed by atoms with E-state index in [4.69, 9.17) is 0 Å². The van der Waals surface area contributed by atoms with Gasteiger partial charge in [0.05, 0.1) is 5.56 Å². The van der Waals surface area contributed by atoms with Gasteiger partial charge < -0.3 is 0 Å². The topological polar surface area (TPSA) is 0 Å². The van der Waals surface area contributed by atoms with E-state index < -0.39 is 11.6 Å². The third-order valence-corrected chi connectivity index (χ3v) is 7.31. The van der Waals surface area contributed by atoms with E-state index in [1.807, 2.05) is 30.3 Å². The summed E-state index contributed by atoms with van der Waals surface area (Å²) >= 11 is 0. The van der Waals surface area contributed by atoms with Crippen LogP contribution in [0, 0.1) is 41.2 Å². The summed E-state index contributed by atoms with van der Waals surface area (Å²) in [5.74, 6) is 11.7. The molecular formula is C35H30F2. The molecule has 0 spiro atoms. The van der Waals surface area contributed by atoms with Crippen molar-refractivity contribution in [2.45, 2.75) is 52.4 Å². The summed E-state index contributed by atoms with van der Waals surface area (Å²) in [6.45, 7) is 4.29. The first-order valence-corrected chi connectivity index (χ1v) is 13.2. The highest BCUT2D eigenvalue weighted by molar-refractivity contribution is 5.85. The highest BCUT2D eigenvalue weighted by Crippen LogP contribution is 2.32. The molecule has 0 aromatic heterocycles. The van der Waals surface area contributed by atoms with Crippen molar-refractivity contribution in [2.24, 2.45) is 5.92 Å².